The quantitative estimate of drug-likeness (QED) is 0.410. The van der Waals surface area contributed by atoms with Gasteiger partial charge in [0.1, 0.15) is 17.1 Å². The fourth-order valence-electron chi connectivity index (χ4n) is 2.71. The predicted molar refractivity (Wildman–Crippen MR) is 107 cm³/mol. The Hall–Kier alpha value is -3.93. The van der Waals surface area contributed by atoms with Crippen molar-refractivity contribution in [2.24, 2.45) is 0 Å². The van der Waals surface area contributed by atoms with Gasteiger partial charge < -0.3 is 13.9 Å². The minimum absolute atomic E-state index is 0.221. The van der Waals surface area contributed by atoms with Crippen molar-refractivity contribution < 1.29 is 18.7 Å². The van der Waals surface area contributed by atoms with Crippen LogP contribution in [0.15, 0.2) is 89.3 Å². The van der Waals surface area contributed by atoms with Gasteiger partial charge in [0.05, 0.1) is 0 Å². The van der Waals surface area contributed by atoms with Crippen LogP contribution in [0.25, 0.3) is 11.5 Å². The Morgan fingerprint density at radius 1 is 0.862 bits per heavy atom. The molecule has 4 aromatic rings. The van der Waals surface area contributed by atoms with Gasteiger partial charge in [0.15, 0.2) is 6.10 Å². The Bertz CT molecular complexity index is 1090. The topological polar surface area (TPSA) is 74.5 Å². The van der Waals surface area contributed by atoms with Gasteiger partial charge in [-0.3, -0.25) is 0 Å². The van der Waals surface area contributed by atoms with E-state index in [9.17, 15) is 4.79 Å². The number of esters is 1. The number of rotatable bonds is 6. The summed E-state index contributed by atoms with van der Waals surface area (Å²) < 4.78 is 17.0. The molecular formula is C23H18N2O4. The van der Waals surface area contributed by atoms with E-state index in [1.807, 2.05) is 60.7 Å². The van der Waals surface area contributed by atoms with Crippen molar-refractivity contribution in [2.45, 2.75) is 13.0 Å². The van der Waals surface area contributed by atoms with Gasteiger partial charge in [0, 0.05) is 5.56 Å². The number of ether oxygens (including phenoxy) is 2. The first-order valence-electron chi connectivity index (χ1n) is 9.12. The van der Waals surface area contributed by atoms with Crippen LogP contribution in [0, 0.1) is 0 Å². The lowest BCUT2D eigenvalue weighted by Gasteiger charge is -2.13. The molecule has 1 aromatic heterocycles. The van der Waals surface area contributed by atoms with Gasteiger partial charge in [-0.15, -0.1) is 10.2 Å². The first-order valence-corrected chi connectivity index (χ1v) is 9.12. The average molecular weight is 386 g/mol. The molecule has 0 saturated carbocycles. The molecule has 6 nitrogen and oxygen atoms in total. The molecule has 1 unspecified atom stereocenters. The average Bonchev–Trinajstić information content (AvgIpc) is 3.26. The molecule has 0 amide bonds. The molecule has 0 bridgehead atoms. The summed E-state index contributed by atoms with van der Waals surface area (Å²) in [4.78, 5) is 12.7. The van der Waals surface area contributed by atoms with Crippen molar-refractivity contribution in [3.05, 3.63) is 96.4 Å². The smallest absolute Gasteiger partial charge is 0.342 e. The molecule has 4 rings (SSSR count). The maximum atomic E-state index is 12.7. The largest absolute Gasteiger partial charge is 0.456 e. The highest BCUT2D eigenvalue weighted by atomic mass is 16.6. The summed E-state index contributed by atoms with van der Waals surface area (Å²) in [6.45, 7) is 1.68. The molecule has 0 aliphatic rings. The molecule has 0 radical (unpaired) electrons. The summed E-state index contributed by atoms with van der Waals surface area (Å²) in [7, 11) is 0. The molecule has 0 aliphatic heterocycles. The summed E-state index contributed by atoms with van der Waals surface area (Å²) in [6, 6.07) is 25.5. The van der Waals surface area contributed by atoms with Crippen molar-refractivity contribution in [1.29, 1.82) is 0 Å². The van der Waals surface area contributed by atoms with Crippen LogP contribution in [0.4, 0.5) is 0 Å². The van der Waals surface area contributed by atoms with Gasteiger partial charge in [-0.05, 0) is 43.3 Å². The van der Waals surface area contributed by atoms with Crippen LogP contribution in [-0.4, -0.2) is 16.2 Å². The summed E-state index contributed by atoms with van der Waals surface area (Å²) in [5.74, 6) is 1.09. The van der Waals surface area contributed by atoms with E-state index in [0.717, 1.165) is 5.56 Å². The Morgan fingerprint density at radius 2 is 1.52 bits per heavy atom. The van der Waals surface area contributed by atoms with Gasteiger partial charge in [0.25, 0.3) is 5.89 Å². The van der Waals surface area contributed by atoms with E-state index in [1.54, 1.807) is 31.2 Å². The monoisotopic (exact) mass is 386 g/mol. The molecule has 6 heteroatoms. The molecule has 0 fully saturated rings. The second kappa shape index (κ2) is 8.39. The number of aromatic nitrogens is 2. The molecule has 144 valence electrons. The normalized spacial score (nSPS) is 11.6. The number of para-hydroxylation sites is 2. The summed E-state index contributed by atoms with van der Waals surface area (Å²) in [5.41, 5.74) is 1.11. The molecule has 0 aliphatic carbocycles. The van der Waals surface area contributed by atoms with E-state index >= 15 is 0 Å². The van der Waals surface area contributed by atoms with Gasteiger partial charge >= 0.3 is 5.97 Å². The van der Waals surface area contributed by atoms with Gasteiger partial charge in [0.2, 0.25) is 5.89 Å². The molecule has 3 aromatic carbocycles. The molecule has 0 N–H and O–H groups in total. The predicted octanol–water partition coefficient (Wildman–Crippen LogP) is 5.45. The van der Waals surface area contributed by atoms with Gasteiger partial charge in [-0.2, -0.15) is 0 Å². The number of carbonyl (C=O) groups is 1. The van der Waals surface area contributed by atoms with Crippen molar-refractivity contribution in [2.75, 3.05) is 0 Å². The Morgan fingerprint density at radius 3 is 2.28 bits per heavy atom. The third-order valence-electron chi connectivity index (χ3n) is 4.17. The van der Waals surface area contributed by atoms with Crippen LogP contribution >= 0.6 is 0 Å². The highest BCUT2D eigenvalue weighted by molar-refractivity contribution is 5.92. The Balaban J connectivity index is 1.49. The number of benzene rings is 3. The third kappa shape index (κ3) is 4.32. The highest BCUT2D eigenvalue weighted by Gasteiger charge is 2.22. The molecular weight excluding hydrogens is 368 g/mol. The van der Waals surface area contributed by atoms with Crippen molar-refractivity contribution in [3.8, 4) is 23.0 Å². The minimum Gasteiger partial charge on any atom is -0.456 e. The van der Waals surface area contributed by atoms with E-state index in [2.05, 4.69) is 10.2 Å². The number of carbonyl (C=O) groups excluding carboxylic acids is 1. The number of hydrogen-bond acceptors (Lipinski definition) is 6. The summed E-state index contributed by atoms with van der Waals surface area (Å²) in [5, 5.41) is 8.03. The van der Waals surface area contributed by atoms with E-state index < -0.39 is 12.1 Å². The summed E-state index contributed by atoms with van der Waals surface area (Å²) in [6.07, 6.45) is -0.711. The van der Waals surface area contributed by atoms with Crippen LogP contribution in [0.2, 0.25) is 0 Å². The van der Waals surface area contributed by atoms with E-state index in [-0.39, 0.29) is 5.89 Å². The maximum absolute atomic E-state index is 12.7. The fraction of sp³-hybridized carbons (Fsp3) is 0.0870. The Labute approximate surface area is 167 Å². The first-order chi connectivity index (χ1) is 14.2. The lowest BCUT2D eigenvalue weighted by Crippen LogP contribution is -2.10. The lowest BCUT2D eigenvalue weighted by atomic mass is 10.2. The van der Waals surface area contributed by atoms with Crippen molar-refractivity contribution in [1.82, 2.24) is 10.2 Å². The maximum Gasteiger partial charge on any atom is 0.342 e. The standard InChI is InChI=1S/C23H18N2O4/c1-16(21-24-25-22(29-21)17-10-4-2-5-11-17)27-23(26)19-14-8-9-15-20(19)28-18-12-6-3-7-13-18/h2-16H,1H3. The fourth-order valence-corrected chi connectivity index (χ4v) is 2.71. The zero-order valence-electron chi connectivity index (χ0n) is 15.7. The van der Waals surface area contributed by atoms with Crippen LogP contribution in [0.1, 0.15) is 29.3 Å². The zero-order valence-corrected chi connectivity index (χ0v) is 15.7. The van der Waals surface area contributed by atoms with Crippen LogP contribution in [-0.2, 0) is 4.74 Å². The molecule has 29 heavy (non-hydrogen) atoms. The SMILES string of the molecule is CC(OC(=O)c1ccccc1Oc1ccccc1)c1nnc(-c2ccccc2)o1. The number of hydrogen-bond donors (Lipinski definition) is 0. The number of nitrogens with zero attached hydrogens (tertiary/aromatic N) is 2. The first kappa shape index (κ1) is 18.4. The van der Waals surface area contributed by atoms with Crippen molar-refractivity contribution in [3.63, 3.8) is 0 Å². The second-order valence-electron chi connectivity index (χ2n) is 6.27. The molecule has 1 atom stereocenters. The molecule has 0 spiro atoms. The lowest BCUT2D eigenvalue weighted by molar-refractivity contribution is 0.0277. The van der Waals surface area contributed by atoms with Gasteiger partial charge in [-0.1, -0.05) is 48.5 Å². The minimum atomic E-state index is -0.711. The molecule has 1 heterocycles. The highest BCUT2D eigenvalue weighted by Crippen LogP contribution is 2.28. The zero-order chi connectivity index (χ0) is 20.1. The van der Waals surface area contributed by atoms with E-state index in [0.29, 0.717) is 23.0 Å². The van der Waals surface area contributed by atoms with E-state index in [4.69, 9.17) is 13.9 Å². The van der Waals surface area contributed by atoms with E-state index in [1.165, 1.54) is 0 Å². The Kier molecular flexibility index (Phi) is 5.33. The molecule has 0 saturated heterocycles. The van der Waals surface area contributed by atoms with Gasteiger partial charge in [-0.25, -0.2) is 4.79 Å². The van der Waals surface area contributed by atoms with Crippen LogP contribution in [0.5, 0.6) is 11.5 Å². The second-order valence-corrected chi connectivity index (χ2v) is 6.27. The third-order valence-corrected chi connectivity index (χ3v) is 4.17. The van der Waals surface area contributed by atoms with Crippen molar-refractivity contribution >= 4 is 5.97 Å². The van der Waals surface area contributed by atoms with Crippen LogP contribution < -0.4 is 4.74 Å². The van der Waals surface area contributed by atoms with Crippen LogP contribution in [0.3, 0.4) is 0 Å². The summed E-state index contributed by atoms with van der Waals surface area (Å²) >= 11 is 0.